The average molecular weight is 417 g/mol. The van der Waals surface area contributed by atoms with Crippen LogP contribution >= 0.6 is 11.8 Å². The molecule has 0 unspecified atom stereocenters. The lowest BCUT2D eigenvalue weighted by Gasteiger charge is -2.14. The van der Waals surface area contributed by atoms with Crippen LogP contribution in [0.1, 0.15) is 11.4 Å². The van der Waals surface area contributed by atoms with Crippen molar-refractivity contribution in [1.82, 2.24) is 14.8 Å². The Labute approximate surface area is 160 Å². The normalized spacial score (nSPS) is 12.4. The molecule has 0 saturated heterocycles. The number of thioether (sulfide) groups is 1. The summed E-state index contributed by atoms with van der Waals surface area (Å²) in [5, 5.41) is 6.95. The topological polar surface area (TPSA) is 30.7 Å². The second-order valence-electron chi connectivity index (χ2n) is 5.90. The van der Waals surface area contributed by atoms with E-state index in [1.807, 2.05) is 0 Å². The van der Waals surface area contributed by atoms with Crippen LogP contribution in [-0.2, 0) is 6.18 Å². The molecule has 2 aromatic carbocycles. The van der Waals surface area contributed by atoms with Gasteiger partial charge in [-0.2, -0.15) is 26.3 Å². The number of benzene rings is 2. The van der Waals surface area contributed by atoms with Gasteiger partial charge in [-0.05, 0) is 30.7 Å². The molecule has 0 radical (unpaired) electrons. The van der Waals surface area contributed by atoms with Crippen LogP contribution in [-0.4, -0.2) is 26.7 Å². The summed E-state index contributed by atoms with van der Waals surface area (Å²) >= 11 is 0.572. The standard InChI is InChI=1S/C18H13F6N3S/c1-11-7-8-12(9-14(11)28-10-17(19,20)21)15-25-26-16(18(22,23)24)27(15)13-5-3-2-4-6-13/h2-9H,10H2,1H3. The molecule has 3 nitrogen and oxygen atoms in total. The number of halogens is 6. The zero-order chi connectivity index (χ0) is 20.5. The van der Waals surface area contributed by atoms with Crippen LogP contribution in [0.15, 0.2) is 53.4 Å². The van der Waals surface area contributed by atoms with Gasteiger partial charge in [-0.25, -0.2) is 0 Å². The number of alkyl halides is 6. The Morgan fingerprint density at radius 1 is 0.929 bits per heavy atom. The minimum Gasteiger partial charge on any atom is -0.271 e. The Bertz CT molecular complexity index is 964. The summed E-state index contributed by atoms with van der Waals surface area (Å²) in [6, 6.07) is 12.2. The quantitative estimate of drug-likeness (QED) is 0.390. The average Bonchev–Trinajstić information content (AvgIpc) is 3.06. The van der Waals surface area contributed by atoms with Crippen LogP contribution in [0.4, 0.5) is 26.3 Å². The first-order chi connectivity index (χ1) is 13.1. The summed E-state index contributed by atoms with van der Waals surface area (Å²) in [6.45, 7) is 1.63. The molecule has 3 rings (SSSR count). The maximum absolute atomic E-state index is 13.4. The van der Waals surface area contributed by atoms with Crippen molar-refractivity contribution in [2.75, 3.05) is 5.75 Å². The third-order valence-electron chi connectivity index (χ3n) is 3.77. The maximum atomic E-state index is 13.4. The summed E-state index contributed by atoms with van der Waals surface area (Å²) in [5.74, 6) is -2.41. The minimum atomic E-state index is -4.75. The van der Waals surface area contributed by atoms with Crippen LogP contribution in [0.5, 0.6) is 0 Å². The second-order valence-corrected chi connectivity index (χ2v) is 6.92. The van der Waals surface area contributed by atoms with Crippen LogP contribution in [0.2, 0.25) is 0 Å². The molecule has 0 saturated carbocycles. The van der Waals surface area contributed by atoms with Gasteiger partial charge >= 0.3 is 12.4 Å². The van der Waals surface area contributed by atoms with Gasteiger partial charge in [-0.1, -0.05) is 30.3 Å². The number of hydrogen-bond acceptors (Lipinski definition) is 3. The highest BCUT2D eigenvalue weighted by Crippen LogP contribution is 2.36. The Kier molecular flexibility index (Phi) is 5.42. The largest absolute Gasteiger partial charge is 0.452 e. The monoisotopic (exact) mass is 417 g/mol. The summed E-state index contributed by atoms with van der Waals surface area (Å²) in [5.41, 5.74) is 1.02. The fraction of sp³-hybridized carbons (Fsp3) is 0.222. The van der Waals surface area contributed by atoms with Gasteiger partial charge in [0.05, 0.1) is 5.75 Å². The Morgan fingerprint density at radius 2 is 1.61 bits per heavy atom. The number of aryl methyl sites for hydroxylation is 1. The molecule has 1 heterocycles. The van der Waals surface area contributed by atoms with Crippen molar-refractivity contribution in [3.63, 3.8) is 0 Å². The molecule has 0 atom stereocenters. The molecule has 0 N–H and O–H groups in total. The van der Waals surface area contributed by atoms with Crippen LogP contribution < -0.4 is 0 Å². The summed E-state index contributed by atoms with van der Waals surface area (Å²) in [6.07, 6.45) is -9.11. The summed E-state index contributed by atoms with van der Waals surface area (Å²) in [4.78, 5) is 0.311. The molecule has 148 valence electrons. The van der Waals surface area contributed by atoms with Gasteiger partial charge in [-0.15, -0.1) is 22.0 Å². The van der Waals surface area contributed by atoms with Gasteiger partial charge < -0.3 is 0 Å². The minimum absolute atomic E-state index is 0.104. The van der Waals surface area contributed by atoms with Crippen molar-refractivity contribution in [3.8, 4) is 17.1 Å². The zero-order valence-corrected chi connectivity index (χ0v) is 15.2. The number of aromatic nitrogens is 3. The van der Waals surface area contributed by atoms with E-state index in [9.17, 15) is 26.3 Å². The molecule has 1 aromatic heterocycles. The van der Waals surface area contributed by atoms with Gasteiger partial charge in [0.1, 0.15) is 0 Å². The molecule has 28 heavy (non-hydrogen) atoms. The molecule has 0 aliphatic heterocycles. The summed E-state index contributed by atoms with van der Waals surface area (Å²) < 4.78 is 78.7. The number of hydrogen-bond donors (Lipinski definition) is 0. The highest BCUT2D eigenvalue weighted by molar-refractivity contribution is 7.99. The highest BCUT2D eigenvalue weighted by Gasteiger charge is 2.39. The molecule has 0 bridgehead atoms. The molecule has 0 aliphatic rings. The zero-order valence-electron chi connectivity index (χ0n) is 14.3. The van der Waals surface area contributed by atoms with Gasteiger partial charge in [0.25, 0.3) is 0 Å². The Hall–Kier alpha value is -2.49. The number of nitrogens with zero attached hydrogens (tertiary/aromatic N) is 3. The van der Waals surface area contributed by atoms with E-state index in [-0.39, 0.29) is 17.1 Å². The van der Waals surface area contributed by atoms with Gasteiger partial charge in [-0.3, -0.25) is 4.57 Å². The van der Waals surface area contributed by atoms with Crippen molar-refractivity contribution >= 4 is 11.8 Å². The molecule has 3 aromatic rings. The van der Waals surface area contributed by atoms with E-state index in [2.05, 4.69) is 10.2 Å². The maximum Gasteiger partial charge on any atom is 0.452 e. The van der Waals surface area contributed by atoms with Crippen molar-refractivity contribution < 1.29 is 26.3 Å². The van der Waals surface area contributed by atoms with E-state index >= 15 is 0 Å². The summed E-state index contributed by atoms with van der Waals surface area (Å²) in [7, 11) is 0. The fourth-order valence-electron chi connectivity index (χ4n) is 2.53. The first-order valence-corrected chi connectivity index (χ1v) is 8.93. The Balaban J connectivity index is 2.11. The van der Waals surface area contributed by atoms with E-state index in [0.29, 0.717) is 22.2 Å². The van der Waals surface area contributed by atoms with E-state index in [1.165, 1.54) is 24.3 Å². The lowest BCUT2D eigenvalue weighted by atomic mass is 10.1. The second kappa shape index (κ2) is 7.50. The van der Waals surface area contributed by atoms with Crippen LogP contribution in [0, 0.1) is 6.92 Å². The van der Waals surface area contributed by atoms with Crippen molar-refractivity contribution in [2.45, 2.75) is 24.2 Å². The predicted molar refractivity (Wildman–Crippen MR) is 93.3 cm³/mol. The van der Waals surface area contributed by atoms with Gasteiger partial charge in [0.2, 0.25) is 5.82 Å². The molecule has 10 heteroatoms. The fourth-order valence-corrected chi connectivity index (χ4v) is 3.36. The third kappa shape index (κ3) is 4.49. The highest BCUT2D eigenvalue weighted by atomic mass is 32.2. The molecule has 0 aliphatic carbocycles. The van der Waals surface area contributed by atoms with Crippen LogP contribution in [0.25, 0.3) is 17.1 Å². The molecule has 0 spiro atoms. The third-order valence-corrected chi connectivity index (χ3v) is 4.99. The molecule has 0 amide bonds. The smallest absolute Gasteiger partial charge is 0.271 e. The van der Waals surface area contributed by atoms with Crippen molar-refractivity contribution in [2.24, 2.45) is 0 Å². The van der Waals surface area contributed by atoms with E-state index < -0.39 is 23.9 Å². The van der Waals surface area contributed by atoms with E-state index in [0.717, 1.165) is 4.57 Å². The van der Waals surface area contributed by atoms with Crippen LogP contribution in [0.3, 0.4) is 0 Å². The predicted octanol–water partition coefficient (Wildman–Crippen LogP) is 5.92. The van der Waals surface area contributed by atoms with Crippen molar-refractivity contribution in [1.29, 1.82) is 0 Å². The lowest BCUT2D eigenvalue weighted by Crippen LogP contribution is -2.14. The molecule has 0 fully saturated rings. The first-order valence-electron chi connectivity index (χ1n) is 7.95. The van der Waals surface area contributed by atoms with E-state index in [4.69, 9.17) is 0 Å². The molecular formula is C18H13F6N3S. The first kappa shape index (κ1) is 20.2. The van der Waals surface area contributed by atoms with Gasteiger partial charge in [0, 0.05) is 16.1 Å². The van der Waals surface area contributed by atoms with E-state index in [1.54, 1.807) is 31.2 Å². The number of rotatable bonds is 4. The SMILES string of the molecule is Cc1ccc(-c2nnc(C(F)(F)F)n2-c2ccccc2)cc1SCC(F)(F)F. The number of para-hydroxylation sites is 1. The van der Waals surface area contributed by atoms with Gasteiger partial charge in [0.15, 0.2) is 5.82 Å². The Morgan fingerprint density at radius 3 is 2.21 bits per heavy atom. The molecular weight excluding hydrogens is 404 g/mol. The van der Waals surface area contributed by atoms with Crippen molar-refractivity contribution in [3.05, 3.63) is 59.9 Å². The lowest BCUT2D eigenvalue weighted by molar-refractivity contribution is -0.146.